The first-order valence-corrected chi connectivity index (χ1v) is 6.52. The van der Waals surface area contributed by atoms with Gasteiger partial charge in [0.05, 0.1) is 12.1 Å². The standard InChI is InChI=1S/C14H21N3O3/c1-5-6-17(9-13(18)16(3)4)12-8-11(14(19)20)7-10(2)15-12/h7-8H,5-6,9H2,1-4H3,(H,19,20). The van der Waals surface area contributed by atoms with E-state index in [0.29, 0.717) is 18.1 Å². The minimum absolute atomic E-state index is 0.0429. The molecule has 20 heavy (non-hydrogen) atoms. The van der Waals surface area contributed by atoms with Crippen molar-refractivity contribution in [3.8, 4) is 0 Å². The monoisotopic (exact) mass is 279 g/mol. The summed E-state index contributed by atoms with van der Waals surface area (Å²) in [5.74, 6) is -0.509. The fourth-order valence-electron chi connectivity index (χ4n) is 1.79. The van der Waals surface area contributed by atoms with E-state index in [1.807, 2.05) is 11.8 Å². The van der Waals surface area contributed by atoms with Gasteiger partial charge in [-0.1, -0.05) is 6.92 Å². The zero-order valence-electron chi connectivity index (χ0n) is 12.4. The van der Waals surface area contributed by atoms with Gasteiger partial charge in [-0.3, -0.25) is 4.79 Å². The van der Waals surface area contributed by atoms with Gasteiger partial charge >= 0.3 is 5.97 Å². The largest absolute Gasteiger partial charge is 0.478 e. The van der Waals surface area contributed by atoms with Crippen LogP contribution in [0.2, 0.25) is 0 Å². The maximum Gasteiger partial charge on any atom is 0.335 e. The van der Waals surface area contributed by atoms with Crippen molar-refractivity contribution >= 4 is 17.7 Å². The molecular formula is C14H21N3O3. The van der Waals surface area contributed by atoms with E-state index in [9.17, 15) is 9.59 Å². The van der Waals surface area contributed by atoms with E-state index >= 15 is 0 Å². The molecule has 1 heterocycles. The van der Waals surface area contributed by atoms with Gasteiger partial charge in [0, 0.05) is 26.3 Å². The Bertz CT molecular complexity index is 500. The van der Waals surface area contributed by atoms with Crippen LogP contribution in [0.3, 0.4) is 0 Å². The number of carboxylic acid groups (broad SMARTS) is 1. The van der Waals surface area contributed by atoms with Crippen molar-refractivity contribution in [2.45, 2.75) is 20.3 Å². The second-order valence-corrected chi connectivity index (χ2v) is 4.87. The van der Waals surface area contributed by atoms with Gasteiger partial charge in [0.15, 0.2) is 0 Å². The summed E-state index contributed by atoms with van der Waals surface area (Å²) in [7, 11) is 3.39. The third kappa shape index (κ3) is 4.22. The number of anilines is 1. The molecule has 0 atom stereocenters. The number of carboxylic acids is 1. The molecule has 0 saturated heterocycles. The number of aromatic nitrogens is 1. The van der Waals surface area contributed by atoms with Crippen LogP contribution < -0.4 is 4.90 Å². The van der Waals surface area contributed by atoms with Gasteiger partial charge in [0.1, 0.15) is 5.82 Å². The Morgan fingerprint density at radius 2 is 1.95 bits per heavy atom. The maximum atomic E-state index is 11.8. The normalized spacial score (nSPS) is 10.2. The van der Waals surface area contributed by atoms with Gasteiger partial charge in [-0.05, 0) is 25.5 Å². The summed E-state index contributed by atoms with van der Waals surface area (Å²) in [6.45, 7) is 4.58. The Balaban J connectivity index is 3.07. The third-order valence-corrected chi connectivity index (χ3v) is 2.83. The molecule has 6 heteroatoms. The number of hydrogen-bond acceptors (Lipinski definition) is 4. The highest BCUT2D eigenvalue weighted by Gasteiger charge is 2.16. The van der Waals surface area contributed by atoms with Crippen LogP contribution in [0.25, 0.3) is 0 Å². The fourth-order valence-corrected chi connectivity index (χ4v) is 1.79. The Kier molecular flexibility index (Phi) is 5.49. The molecule has 6 nitrogen and oxygen atoms in total. The zero-order valence-corrected chi connectivity index (χ0v) is 12.4. The van der Waals surface area contributed by atoms with Gasteiger partial charge in [-0.15, -0.1) is 0 Å². The number of rotatable bonds is 6. The number of likely N-dealkylation sites (N-methyl/N-ethyl adjacent to an activating group) is 1. The number of nitrogens with zero attached hydrogens (tertiary/aromatic N) is 3. The second-order valence-electron chi connectivity index (χ2n) is 4.87. The van der Waals surface area contributed by atoms with Crippen molar-refractivity contribution in [1.82, 2.24) is 9.88 Å². The van der Waals surface area contributed by atoms with Crippen LogP contribution in [0.4, 0.5) is 5.82 Å². The van der Waals surface area contributed by atoms with Gasteiger partial charge in [-0.2, -0.15) is 0 Å². The molecule has 1 amide bonds. The van der Waals surface area contributed by atoms with Crippen molar-refractivity contribution in [2.24, 2.45) is 0 Å². The third-order valence-electron chi connectivity index (χ3n) is 2.83. The van der Waals surface area contributed by atoms with Gasteiger partial charge in [0.2, 0.25) is 5.91 Å². The topological polar surface area (TPSA) is 73.7 Å². The molecule has 1 aromatic heterocycles. The van der Waals surface area contributed by atoms with Gasteiger partial charge in [0.25, 0.3) is 0 Å². The van der Waals surface area contributed by atoms with Crippen LogP contribution in [-0.2, 0) is 4.79 Å². The molecule has 1 aromatic rings. The molecule has 0 fully saturated rings. The Morgan fingerprint density at radius 1 is 1.30 bits per heavy atom. The minimum Gasteiger partial charge on any atom is -0.478 e. The predicted molar refractivity (Wildman–Crippen MR) is 77.1 cm³/mol. The summed E-state index contributed by atoms with van der Waals surface area (Å²) in [5, 5.41) is 9.09. The van der Waals surface area contributed by atoms with Crippen LogP contribution in [0.5, 0.6) is 0 Å². The second kappa shape index (κ2) is 6.88. The number of amides is 1. The molecule has 0 aliphatic rings. The van der Waals surface area contributed by atoms with Crippen LogP contribution >= 0.6 is 0 Å². The molecule has 0 aliphatic carbocycles. The average molecular weight is 279 g/mol. The van der Waals surface area contributed by atoms with Crippen molar-refractivity contribution in [2.75, 3.05) is 32.1 Å². The van der Waals surface area contributed by atoms with E-state index in [4.69, 9.17) is 5.11 Å². The number of aryl methyl sites for hydroxylation is 1. The Morgan fingerprint density at radius 3 is 2.45 bits per heavy atom. The molecular weight excluding hydrogens is 258 g/mol. The summed E-state index contributed by atoms with van der Waals surface area (Å²) in [6.07, 6.45) is 0.846. The van der Waals surface area contributed by atoms with Crippen LogP contribution in [0, 0.1) is 6.92 Å². The van der Waals surface area contributed by atoms with E-state index in [1.54, 1.807) is 21.0 Å². The maximum absolute atomic E-state index is 11.8. The van der Waals surface area contributed by atoms with Crippen molar-refractivity contribution in [1.29, 1.82) is 0 Å². The smallest absolute Gasteiger partial charge is 0.335 e. The molecule has 0 aromatic carbocycles. The number of hydrogen-bond donors (Lipinski definition) is 1. The Hall–Kier alpha value is -2.11. The van der Waals surface area contributed by atoms with E-state index in [1.165, 1.54) is 17.0 Å². The number of carbonyl (C=O) groups is 2. The van der Waals surface area contributed by atoms with Crippen LogP contribution in [-0.4, -0.2) is 54.1 Å². The quantitative estimate of drug-likeness (QED) is 0.852. The first-order valence-electron chi connectivity index (χ1n) is 6.52. The van der Waals surface area contributed by atoms with E-state index < -0.39 is 5.97 Å². The lowest BCUT2D eigenvalue weighted by Crippen LogP contribution is -2.37. The first kappa shape index (κ1) is 15.9. The van der Waals surface area contributed by atoms with Crippen molar-refractivity contribution in [3.63, 3.8) is 0 Å². The lowest BCUT2D eigenvalue weighted by Gasteiger charge is -2.24. The van der Waals surface area contributed by atoms with E-state index in [0.717, 1.165) is 6.42 Å². The summed E-state index contributed by atoms with van der Waals surface area (Å²) < 4.78 is 0. The SMILES string of the molecule is CCCN(CC(=O)N(C)C)c1cc(C(=O)O)cc(C)n1. The zero-order chi connectivity index (χ0) is 15.3. The van der Waals surface area contributed by atoms with Crippen LogP contribution in [0.1, 0.15) is 29.4 Å². The van der Waals surface area contributed by atoms with Gasteiger partial charge < -0.3 is 14.9 Å². The highest BCUT2D eigenvalue weighted by molar-refractivity contribution is 5.89. The molecule has 0 unspecified atom stereocenters. The molecule has 0 spiro atoms. The molecule has 0 radical (unpaired) electrons. The highest BCUT2D eigenvalue weighted by atomic mass is 16.4. The summed E-state index contributed by atoms with van der Waals surface area (Å²) in [4.78, 5) is 30.6. The fraction of sp³-hybridized carbons (Fsp3) is 0.500. The molecule has 0 aliphatic heterocycles. The number of pyridine rings is 1. The predicted octanol–water partition coefficient (Wildman–Crippen LogP) is 1.39. The van der Waals surface area contributed by atoms with Crippen molar-refractivity contribution in [3.05, 3.63) is 23.4 Å². The lowest BCUT2D eigenvalue weighted by atomic mass is 10.2. The van der Waals surface area contributed by atoms with Crippen molar-refractivity contribution < 1.29 is 14.7 Å². The number of aromatic carboxylic acids is 1. The summed E-state index contributed by atoms with van der Waals surface area (Å²) >= 11 is 0. The van der Waals surface area contributed by atoms with E-state index in [-0.39, 0.29) is 18.0 Å². The Labute approximate surface area is 119 Å². The average Bonchev–Trinajstić information content (AvgIpc) is 2.37. The minimum atomic E-state index is -0.993. The number of carbonyl (C=O) groups excluding carboxylic acids is 1. The van der Waals surface area contributed by atoms with Crippen LogP contribution in [0.15, 0.2) is 12.1 Å². The molecule has 0 bridgehead atoms. The molecule has 110 valence electrons. The summed E-state index contributed by atoms with van der Waals surface area (Å²) in [5.41, 5.74) is 0.809. The van der Waals surface area contributed by atoms with Gasteiger partial charge in [-0.25, -0.2) is 9.78 Å². The highest BCUT2D eigenvalue weighted by Crippen LogP contribution is 2.16. The first-order chi connectivity index (χ1) is 9.35. The summed E-state index contributed by atoms with van der Waals surface area (Å²) in [6, 6.07) is 3.03. The molecule has 1 N–H and O–H groups in total. The molecule has 0 saturated carbocycles. The lowest BCUT2D eigenvalue weighted by molar-refractivity contribution is -0.127. The van der Waals surface area contributed by atoms with E-state index in [2.05, 4.69) is 4.98 Å². The molecule has 1 rings (SSSR count).